The molecule has 0 fully saturated rings. The van der Waals surface area contributed by atoms with Crippen molar-refractivity contribution in [1.29, 1.82) is 0 Å². The number of hydrogen-bond donors (Lipinski definition) is 0. The molecule has 0 saturated carbocycles. The van der Waals surface area contributed by atoms with Gasteiger partial charge in [0, 0.05) is 0 Å². The van der Waals surface area contributed by atoms with Crippen molar-refractivity contribution in [1.82, 2.24) is 0 Å². The van der Waals surface area contributed by atoms with E-state index in [9.17, 15) is 0 Å². The molecule has 0 aliphatic rings. The molecule has 2 aromatic carbocycles. The highest BCUT2D eigenvalue weighted by Crippen LogP contribution is 2.29. The lowest BCUT2D eigenvalue weighted by Gasteiger charge is -2.12. The van der Waals surface area contributed by atoms with E-state index in [0.29, 0.717) is 13.2 Å². The van der Waals surface area contributed by atoms with E-state index >= 15 is 0 Å². The molecule has 2 rings (SSSR count). The molecule has 0 aliphatic heterocycles. The molecule has 0 aliphatic carbocycles. The fourth-order valence-corrected chi connectivity index (χ4v) is 2.32. The molecule has 0 amide bonds. The fourth-order valence-electron chi connectivity index (χ4n) is 2.32. The van der Waals surface area contributed by atoms with Crippen LogP contribution >= 0.6 is 0 Å². The van der Waals surface area contributed by atoms with E-state index in [1.807, 2.05) is 0 Å². The van der Waals surface area contributed by atoms with Crippen LogP contribution < -0.4 is 0 Å². The first-order valence-corrected chi connectivity index (χ1v) is 7.95. The van der Waals surface area contributed by atoms with Gasteiger partial charge in [-0.3, -0.25) is 0 Å². The van der Waals surface area contributed by atoms with Crippen LogP contribution in [-0.2, 0) is 4.74 Å². The van der Waals surface area contributed by atoms with Gasteiger partial charge in [0.25, 0.3) is 0 Å². The Kier molecular flexibility index (Phi) is 8.07. The quantitative estimate of drug-likeness (QED) is 0.489. The molecule has 0 aromatic heterocycles. The van der Waals surface area contributed by atoms with E-state index in [0.717, 1.165) is 0 Å². The molecule has 0 radical (unpaired) electrons. The van der Waals surface area contributed by atoms with Gasteiger partial charge in [-0.2, -0.15) is 0 Å². The van der Waals surface area contributed by atoms with Gasteiger partial charge in [0.05, 0.1) is 13.2 Å². The van der Waals surface area contributed by atoms with Gasteiger partial charge in [-0.1, -0.05) is 48.6 Å². The molecule has 0 bridgehead atoms. The first-order chi connectivity index (χ1) is 11.0. The average Bonchev–Trinajstić information content (AvgIpc) is 2.54. The molecule has 1 nitrogen and oxygen atoms in total. The molecule has 0 saturated heterocycles. The fraction of sp³-hybridized carbons (Fsp3) is 0.273. The van der Waals surface area contributed by atoms with Crippen molar-refractivity contribution in [2.45, 2.75) is 27.7 Å². The van der Waals surface area contributed by atoms with Gasteiger partial charge in [0.1, 0.15) is 0 Å². The summed E-state index contributed by atoms with van der Waals surface area (Å²) < 4.78 is 4.90. The lowest BCUT2D eigenvalue weighted by molar-refractivity contribution is 0.194. The van der Waals surface area contributed by atoms with E-state index in [2.05, 4.69) is 77.3 Å². The molecule has 0 unspecified atom stereocenters. The van der Waals surface area contributed by atoms with E-state index in [1.165, 1.54) is 33.4 Å². The molecule has 0 N–H and O–H groups in total. The van der Waals surface area contributed by atoms with Crippen LogP contribution in [0.2, 0.25) is 0 Å². The maximum Gasteiger partial charge on any atom is 0.0649 e. The lowest BCUT2D eigenvalue weighted by Crippen LogP contribution is -1.91. The van der Waals surface area contributed by atoms with Gasteiger partial charge in [-0.15, -0.1) is 13.2 Å². The van der Waals surface area contributed by atoms with Crippen molar-refractivity contribution >= 4 is 0 Å². The Balaban J connectivity index is 0.000000322. The minimum absolute atomic E-state index is 0.617. The maximum atomic E-state index is 4.90. The number of benzene rings is 2. The summed E-state index contributed by atoms with van der Waals surface area (Å²) in [6, 6.07) is 13.0. The average molecular weight is 308 g/mol. The molecule has 0 heterocycles. The Hall–Kier alpha value is -2.12. The normalized spacial score (nSPS) is 9.74. The van der Waals surface area contributed by atoms with Gasteiger partial charge in [0.15, 0.2) is 0 Å². The van der Waals surface area contributed by atoms with Crippen LogP contribution in [0.5, 0.6) is 0 Å². The standard InChI is InChI=1S/C16H18.C6H10O/c1-11-7-5-9-15(13(11)3)16-10-6-8-12(2)14(16)4;1-3-5-7-6-4-2/h5-10H,1-4H3;3-4H,1-2,5-6H2. The van der Waals surface area contributed by atoms with Gasteiger partial charge >= 0.3 is 0 Å². The van der Waals surface area contributed by atoms with E-state index in [1.54, 1.807) is 12.2 Å². The van der Waals surface area contributed by atoms with Crippen molar-refractivity contribution in [2.75, 3.05) is 13.2 Å². The van der Waals surface area contributed by atoms with Gasteiger partial charge in [0.2, 0.25) is 0 Å². The SMILES string of the molecule is C=CCOCC=C.Cc1cccc(-c2cccc(C)c2C)c1C. The van der Waals surface area contributed by atoms with Gasteiger partial charge in [-0.05, 0) is 61.1 Å². The molecule has 2 aromatic rings. The zero-order valence-corrected chi connectivity index (χ0v) is 14.9. The molecular formula is C22H28O. The highest BCUT2D eigenvalue weighted by Gasteiger charge is 2.07. The van der Waals surface area contributed by atoms with Crippen LogP contribution in [0.4, 0.5) is 0 Å². The summed E-state index contributed by atoms with van der Waals surface area (Å²) in [5, 5.41) is 0. The first-order valence-electron chi connectivity index (χ1n) is 7.95. The monoisotopic (exact) mass is 308 g/mol. The Bertz CT molecular complexity index is 596. The Morgan fingerprint density at radius 3 is 1.48 bits per heavy atom. The molecule has 1 heteroatoms. The lowest BCUT2D eigenvalue weighted by atomic mass is 9.92. The van der Waals surface area contributed by atoms with Gasteiger partial charge < -0.3 is 4.74 Å². The van der Waals surface area contributed by atoms with Crippen molar-refractivity contribution in [3.63, 3.8) is 0 Å². The highest BCUT2D eigenvalue weighted by atomic mass is 16.5. The zero-order valence-electron chi connectivity index (χ0n) is 14.9. The van der Waals surface area contributed by atoms with Crippen LogP contribution in [0.3, 0.4) is 0 Å². The van der Waals surface area contributed by atoms with E-state index < -0.39 is 0 Å². The third kappa shape index (κ3) is 5.54. The third-order valence-electron chi connectivity index (χ3n) is 3.97. The summed E-state index contributed by atoms with van der Waals surface area (Å²) >= 11 is 0. The number of rotatable bonds is 5. The smallest absolute Gasteiger partial charge is 0.0649 e. The second-order valence-corrected chi connectivity index (χ2v) is 5.61. The minimum atomic E-state index is 0.617. The first kappa shape index (κ1) is 18.9. The van der Waals surface area contributed by atoms with Crippen molar-refractivity contribution in [3.05, 3.63) is 84.0 Å². The number of ether oxygens (including phenoxy) is 1. The Morgan fingerprint density at radius 1 is 0.739 bits per heavy atom. The Morgan fingerprint density at radius 2 is 1.13 bits per heavy atom. The van der Waals surface area contributed by atoms with Crippen LogP contribution in [0.15, 0.2) is 61.7 Å². The maximum absolute atomic E-state index is 4.90. The largest absolute Gasteiger partial charge is 0.373 e. The number of aryl methyl sites for hydroxylation is 2. The van der Waals surface area contributed by atoms with Crippen molar-refractivity contribution < 1.29 is 4.74 Å². The van der Waals surface area contributed by atoms with Crippen LogP contribution in [-0.4, -0.2) is 13.2 Å². The number of hydrogen-bond acceptors (Lipinski definition) is 1. The summed E-state index contributed by atoms with van der Waals surface area (Å²) in [7, 11) is 0. The van der Waals surface area contributed by atoms with Crippen molar-refractivity contribution in [2.24, 2.45) is 0 Å². The second-order valence-electron chi connectivity index (χ2n) is 5.61. The minimum Gasteiger partial charge on any atom is -0.373 e. The predicted octanol–water partition coefficient (Wildman–Crippen LogP) is 5.96. The van der Waals surface area contributed by atoms with Crippen LogP contribution in [0.25, 0.3) is 11.1 Å². The summed E-state index contributed by atoms with van der Waals surface area (Å²) in [5.41, 5.74) is 8.21. The second kappa shape index (κ2) is 9.81. The van der Waals surface area contributed by atoms with Crippen LogP contribution in [0, 0.1) is 27.7 Å². The molecule has 23 heavy (non-hydrogen) atoms. The third-order valence-corrected chi connectivity index (χ3v) is 3.97. The Labute approximate surface area is 141 Å². The molecule has 122 valence electrons. The topological polar surface area (TPSA) is 9.23 Å². The van der Waals surface area contributed by atoms with E-state index in [-0.39, 0.29) is 0 Å². The predicted molar refractivity (Wildman–Crippen MR) is 102 cm³/mol. The molecule has 0 atom stereocenters. The summed E-state index contributed by atoms with van der Waals surface area (Å²) in [6.07, 6.45) is 3.42. The van der Waals surface area contributed by atoms with Crippen molar-refractivity contribution in [3.8, 4) is 11.1 Å². The zero-order chi connectivity index (χ0) is 17.2. The summed E-state index contributed by atoms with van der Waals surface area (Å²) in [6.45, 7) is 16.9. The van der Waals surface area contributed by atoms with E-state index in [4.69, 9.17) is 4.74 Å². The molecular weight excluding hydrogens is 280 g/mol. The van der Waals surface area contributed by atoms with Crippen LogP contribution in [0.1, 0.15) is 22.3 Å². The van der Waals surface area contributed by atoms with Gasteiger partial charge in [-0.25, -0.2) is 0 Å². The molecule has 0 spiro atoms. The summed E-state index contributed by atoms with van der Waals surface area (Å²) in [4.78, 5) is 0. The summed E-state index contributed by atoms with van der Waals surface area (Å²) in [5.74, 6) is 0. The highest BCUT2D eigenvalue weighted by molar-refractivity contribution is 5.72.